The Balaban J connectivity index is 1.62. The van der Waals surface area contributed by atoms with Crippen molar-refractivity contribution < 1.29 is 9.47 Å². The van der Waals surface area contributed by atoms with Crippen LogP contribution in [0, 0.1) is 12.3 Å². The fourth-order valence-electron chi connectivity index (χ4n) is 4.97. The van der Waals surface area contributed by atoms with Gasteiger partial charge in [-0.2, -0.15) is 0 Å². The lowest BCUT2D eigenvalue weighted by Crippen LogP contribution is -2.33. The zero-order chi connectivity index (χ0) is 21.0. The molecule has 1 aliphatic heterocycles. The van der Waals surface area contributed by atoms with Crippen LogP contribution < -0.4 is 9.47 Å². The number of terminal acetylenes is 1. The Morgan fingerprint density at radius 3 is 2.26 bits per heavy atom. The third-order valence-corrected chi connectivity index (χ3v) is 6.32. The van der Waals surface area contributed by atoms with E-state index in [0.717, 1.165) is 27.8 Å². The molecule has 2 aliphatic rings. The molecule has 0 saturated carbocycles. The number of benzene rings is 4. The van der Waals surface area contributed by atoms with E-state index in [9.17, 15) is 0 Å². The third kappa shape index (κ3) is 2.47. The summed E-state index contributed by atoms with van der Waals surface area (Å²) in [6.07, 6.45) is 7.65. The number of hydrogen-bond acceptors (Lipinski definition) is 2. The SMILES string of the molecule is C#CCOc1ccc2ccc3c(c2c1)OC1(C=C3C)c2ccccc2-c2ccccc21. The van der Waals surface area contributed by atoms with E-state index in [1.54, 1.807) is 0 Å². The lowest BCUT2D eigenvalue weighted by molar-refractivity contribution is 0.167. The highest BCUT2D eigenvalue weighted by molar-refractivity contribution is 5.96. The Morgan fingerprint density at radius 1 is 0.871 bits per heavy atom. The van der Waals surface area contributed by atoms with Crippen LogP contribution in [0.15, 0.2) is 84.9 Å². The van der Waals surface area contributed by atoms with Gasteiger partial charge < -0.3 is 9.47 Å². The standard InChI is InChI=1S/C29H20O2/c1-3-16-30-21-14-12-20-13-15-22-19(2)18-29(31-28(22)25(20)17-21)26-10-6-4-8-23(26)24-9-5-7-11-27(24)29/h1,4-15,17-18H,16H2,2H3. The molecule has 2 nitrogen and oxygen atoms in total. The van der Waals surface area contributed by atoms with Gasteiger partial charge in [0.1, 0.15) is 18.1 Å². The summed E-state index contributed by atoms with van der Waals surface area (Å²) in [5.41, 5.74) is 6.47. The number of rotatable bonds is 2. The predicted molar refractivity (Wildman–Crippen MR) is 125 cm³/mol. The Hall–Kier alpha value is -3.96. The minimum atomic E-state index is -0.645. The second kappa shape index (κ2) is 6.52. The van der Waals surface area contributed by atoms with E-state index in [-0.39, 0.29) is 6.61 Å². The normalized spacial score (nSPS) is 14.8. The van der Waals surface area contributed by atoms with Crippen LogP contribution in [0.5, 0.6) is 11.5 Å². The second-order valence-corrected chi connectivity index (χ2v) is 8.07. The molecule has 0 radical (unpaired) electrons. The average Bonchev–Trinajstić information content (AvgIpc) is 3.07. The first-order chi connectivity index (χ1) is 15.2. The van der Waals surface area contributed by atoms with E-state index in [4.69, 9.17) is 15.9 Å². The summed E-state index contributed by atoms with van der Waals surface area (Å²) in [5.74, 6) is 4.16. The summed E-state index contributed by atoms with van der Waals surface area (Å²) in [6.45, 7) is 2.40. The Labute approximate surface area is 181 Å². The number of fused-ring (bicyclic) bond motifs is 8. The molecule has 1 heterocycles. The maximum absolute atomic E-state index is 7.00. The number of allylic oxidation sites excluding steroid dienone is 1. The van der Waals surface area contributed by atoms with Crippen molar-refractivity contribution in [2.45, 2.75) is 12.5 Å². The molecule has 2 heteroatoms. The summed E-state index contributed by atoms with van der Waals surface area (Å²) < 4.78 is 12.7. The summed E-state index contributed by atoms with van der Waals surface area (Å²) in [6, 6.07) is 27.4. The largest absolute Gasteiger partial charge is 0.481 e. The summed E-state index contributed by atoms with van der Waals surface area (Å²) in [5, 5.41) is 2.14. The van der Waals surface area contributed by atoms with Crippen LogP contribution in [0.2, 0.25) is 0 Å². The molecule has 0 unspecified atom stereocenters. The van der Waals surface area contributed by atoms with Gasteiger partial charge in [0.2, 0.25) is 0 Å². The molecule has 148 valence electrons. The minimum absolute atomic E-state index is 0.241. The topological polar surface area (TPSA) is 18.5 Å². The quantitative estimate of drug-likeness (QED) is 0.354. The molecule has 4 aromatic rings. The van der Waals surface area contributed by atoms with Crippen LogP contribution in [0.25, 0.3) is 27.5 Å². The van der Waals surface area contributed by atoms with E-state index in [1.807, 2.05) is 12.1 Å². The van der Waals surface area contributed by atoms with Gasteiger partial charge in [-0.05, 0) is 47.2 Å². The van der Waals surface area contributed by atoms with Crippen molar-refractivity contribution in [1.82, 2.24) is 0 Å². The first kappa shape index (κ1) is 17.9. The summed E-state index contributed by atoms with van der Waals surface area (Å²) in [7, 11) is 0. The van der Waals surface area contributed by atoms with E-state index < -0.39 is 5.60 Å². The fraction of sp³-hybridized carbons (Fsp3) is 0.103. The smallest absolute Gasteiger partial charge is 0.179 e. The molecule has 1 spiro atoms. The van der Waals surface area contributed by atoms with Crippen LogP contribution >= 0.6 is 0 Å². The van der Waals surface area contributed by atoms with Crippen LogP contribution in [-0.2, 0) is 5.60 Å². The highest BCUT2D eigenvalue weighted by atomic mass is 16.5. The molecule has 0 amide bonds. The van der Waals surface area contributed by atoms with Gasteiger partial charge in [-0.3, -0.25) is 0 Å². The molecule has 0 aromatic heterocycles. The van der Waals surface area contributed by atoms with Crippen LogP contribution in [0.1, 0.15) is 23.6 Å². The van der Waals surface area contributed by atoms with Crippen molar-refractivity contribution in [2.75, 3.05) is 6.61 Å². The summed E-state index contributed by atoms with van der Waals surface area (Å²) >= 11 is 0. The van der Waals surface area contributed by atoms with Crippen molar-refractivity contribution in [1.29, 1.82) is 0 Å². The maximum atomic E-state index is 7.00. The van der Waals surface area contributed by atoms with Gasteiger partial charge in [-0.1, -0.05) is 72.7 Å². The molecule has 31 heavy (non-hydrogen) atoms. The molecule has 0 saturated heterocycles. The first-order valence-corrected chi connectivity index (χ1v) is 10.4. The van der Waals surface area contributed by atoms with Crippen molar-refractivity contribution in [3.63, 3.8) is 0 Å². The van der Waals surface area contributed by atoms with E-state index in [0.29, 0.717) is 0 Å². The highest BCUT2D eigenvalue weighted by Gasteiger charge is 2.46. The van der Waals surface area contributed by atoms with Gasteiger partial charge in [0, 0.05) is 22.1 Å². The van der Waals surface area contributed by atoms with Crippen LogP contribution in [0.3, 0.4) is 0 Å². The van der Waals surface area contributed by atoms with Gasteiger partial charge >= 0.3 is 0 Å². The average molecular weight is 400 g/mol. The molecule has 1 aliphatic carbocycles. The lowest BCUT2D eigenvalue weighted by atomic mass is 9.84. The molecule has 4 aromatic carbocycles. The van der Waals surface area contributed by atoms with Crippen molar-refractivity contribution in [2.24, 2.45) is 0 Å². The maximum Gasteiger partial charge on any atom is 0.179 e. The van der Waals surface area contributed by atoms with Crippen molar-refractivity contribution in [3.8, 4) is 35.0 Å². The molecule has 0 atom stereocenters. The van der Waals surface area contributed by atoms with Crippen molar-refractivity contribution >= 4 is 16.3 Å². The predicted octanol–water partition coefficient (Wildman–Crippen LogP) is 6.57. The van der Waals surface area contributed by atoms with E-state index in [1.165, 1.54) is 27.8 Å². The van der Waals surface area contributed by atoms with Gasteiger partial charge in [-0.15, -0.1) is 6.42 Å². The molecule has 6 rings (SSSR count). The van der Waals surface area contributed by atoms with E-state index in [2.05, 4.69) is 85.7 Å². The number of ether oxygens (including phenoxy) is 2. The first-order valence-electron chi connectivity index (χ1n) is 10.4. The molecule has 0 N–H and O–H groups in total. The Bertz CT molecular complexity index is 1390. The highest BCUT2D eigenvalue weighted by Crippen LogP contribution is 2.55. The van der Waals surface area contributed by atoms with Gasteiger partial charge in [0.05, 0.1) is 0 Å². The molecular weight excluding hydrogens is 380 g/mol. The lowest BCUT2D eigenvalue weighted by Gasteiger charge is -2.36. The van der Waals surface area contributed by atoms with E-state index >= 15 is 0 Å². The van der Waals surface area contributed by atoms with Gasteiger partial charge in [-0.25, -0.2) is 0 Å². The minimum Gasteiger partial charge on any atom is -0.481 e. The monoisotopic (exact) mass is 400 g/mol. The third-order valence-electron chi connectivity index (χ3n) is 6.32. The second-order valence-electron chi connectivity index (χ2n) is 8.07. The van der Waals surface area contributed by atoms with Gasteiger partial charge in [0.15, 0.2) is 5.60 Å². The van der Waals surface area contributed by atoms with Crippen molar-refractivity contribution in [3.05, 3.63) is 102 Å². The van der Waals surface area contributed by atoms with Gasteiger partial charge in [0.25, 0.3) is 0 Å². The molecular formula is C29H20O2. The molecule has 0 bridgehead atoms. The van der Waals surface area contributed by atoms with Crippen LogP contribution in [0.4, 0.5) is 0 Å². The Kier molecular flexibility index (Phi) is 3.76. The number of hydrogen-bond donors (Lipinski definition) is 0. The zero-order valence-electron chi connectivity index (χ0n) is 17.2. The fourth-order valence-corrected chi connectivity index (χ4v) is 4.97. The molecule has 0 fully saturated rings. The zero-order valence-corrected chi connectivity index (χ0v) is 17.2. The summed E-state index contributed by atoms with van der Waals surface area (Å²) in [4.78, 5) is 0. The van der Waals surface area contributed by atoms with Crippen LogP contribution in [-0.4, -0.2) is 6.61 Å². The Morgan fingerprint density at radius 2 is 1.55 bits per heavy atom.